The first-order valence-electron chi connectivity index (χ1n) is 12.7. The Hall–Kier alpha value is -3.93. The van der Waals surface area contributed by atoms with Gasteiger partial charge in [0.2, 0.25) is 5.91 Å². The smallest absolute Gasteiger partial charge is 0.262 e. The summed E-state index contributed by atoms with van der Waals surface area (Å²) >= 11 is 0. The lowest BCUT2D eigenvalue weighted by Gasteiger charge is -2.24. The quantitative estimate of drug-likeness (QED) is 0.246. The van der Waals surface area contributed by atoms with Crippen LogP contribution in [0.15, 0.2) is 83.8 Å². The summed E-state index contributed by atoms with van der Waals surface area (Å²) in [5, 5.41) is 18.2. The zero-order chi connectivity index (χ0) is 27.7. The van der Waals surface area contributed by atoms with Crippen molar-refractivity contribution >= 4 is 27.5 Å². The number of para-hydroxylation sites is 3. The van der Waals surface area contributed by atoms with Gasteiger partial charge in [-0.05, 0) is 80.4 Å². The number of amides is 2. The van der Waals surface area contributed by atoms with Gasteiger partial charge in [-0.3, -0.25) is 14.3 Å². The molecular weight excluding hydrogens is 520 g/mol. The minimum absolute atomic E-state index is 0.0630. The van der Waals surface area contributed by atoms with Crippen LogP contribution in [0.5, 0.6) is 11.5 Å². The lowest BCUT2D eigenvalue weighted by molar-refractivity contribution is -0.124. The van der Waals surface area contributed by atoms with Crippen molar-refractivity contribution in [2.45, 2.75) is 23.8 Å². The number of hydrogen-bond acceptors (Lipinski definition) is 7. The number of aliphatic hydroxyl groups is 1. The first-order chi connectivity index (χ1) is 18.9. The number of carbonyl (C=O) groups excluding carboxylic acids is 2. The Bertz CT molecular complexity index is 1360. The van der Waals surface area contributed by atoms with Crippen molar-refractivity contribution in [2.75, 3.05) is 31.0 Å². The number of sulfonamides is 1. The van der Waals surface area contributed by atoms with Crippen LogP contribution in [0.3, 0.4) is 0 Å². The lowest BCUT2D eigenvalue weighted by atomic mass is 9.98. The topological polar surface area (TPSA) is 146 Å². The summed E-state index contributed by atoms with van der Waals surface area (Å²) in [4.78, 5) is 25.1. The highest BCUT2D eigenvalue weighted by Crippen LogP contribution is 2.31. The third kappa shape index (κ3) is 7.79. The van der Waals surface area contributed by atoms with Crippen molar-refractivity contribution in [3.05, 3.63) is 84.4 Å². The van der Waals surface area contributed by atoms with Gasteiger partial charge in [0, 0.05) is 12.1 Å². The molecule has 2 amide bonds. The molecule has 1 heterocycles. The summed E-state index contributed by atoms with van der Waals surface area (Å²) in [6.07, 6.45) is 1.90. The number of anilines is 1. The number of piperidine rings is 1. The van der Waals surface area contributed by atoms with Crippen LogP contribution in [0.25, 0.3) is 0 Å². The monoisotopic (exact) mass is 552 g/mol. The summed E-state index contributed by atoms with van der Waals surface area (Å²) in [6.45, 7) is 1.71. The molecule has 4 rings (SSSR count). The minimum Gasteiger partial charge on any atom is -0.455 e. The Morgan fingerprint density at radius 2 is 1.62 bits per heavy atom. The number of carbonyl (C=O) groups is 2. The molecule has 3 aromatic carbocycles. The van der Waals surface area contributed by atoms with Crippen molar-refractivity contribution in [2.24, 2.45) is 5.92 Å². The van der Waals surface area contributed by atoms with Gasteiger partial charge in [0.15, 0.2) is 5.75 Å². The van der Waals surface area contributed by atoms with Crippen LogP contribution in [0, 0.1) is 5.92 Å². The number of aliphatic hydroxyl groups excluding tert-OH is 1. The van der Waals surface area contributed by atoms with E-state index in [-0.39, 0.29) is 16.1 Å². The molecule has 5 N–H and O–H groups in total. The average Bonchev–Trinajstić information content (AvgIpc) is 2.96. The van der Waals surface area contributed by atoms with E-state index in [9.17, 15) is 23.1 Å². The highest BCUT2D eigenvalue weighted by molar-refractivity contribution is 7.92. The molecule has 10 nitrogen and oxygen atoms in total. The number of ether oxygens (including phenoxy) is 1. The average molecular weight is 553 g/mol. The standard InChI is InChI=1S/C28H32N4O6S/c33-19-25(28(35)30-18-20-14-16-29-17-15-20)31-27(34)21-10-12-23(13-11-21)39(36,37)32-24-8-4-5-9-26(24)38-22-6-2-1-3-7-22/h1-13,20,25,29,32-33H,14-19H2,(H,30,35)(H,31,34)/t25-/m0/s1. The highest BCUT2D eigenvalue weighted by Gasteiger charge is 2.23. The molecule has 0 bridgehead atoms. The van der Waals surface area contributed by atoms with E-state index >= 15 is 0 Å². The number of rotatable bonds is 11. The lowest BCUT2D eigenvalue weighted by Crippen LogP contribution is -2.50. The van der Waals surface area contributed by atoms with Crippen LogP contribution in [0.2, 0.25) is 0 Å². The van der Waals surface area contributed by atoms with Crippen molar-refractivity contribution in [3.8, 4) is 11.5 Å². The van der Waals surface area contributed by atoms with Gasteiger partial charge >= 0.3 is 0 Å². The molecule has 11 heteroatoms. The van der Waals surface area contributed by atoms with E-state index in [0.29, 0.717) is 24.0 Å². The Labute approximate surface area is 227 Å². The molecule has 1 aliphatic heterocycles. The molecule has 0 radical (unpaired) electrons. The van der Waals surface area contributed by atoms with Crippen LogP contribution in [0.4, 0.5) is 5.69 Å². The molecule has 1 fully saturated rings. The fourth-order valence-electron chi connectivity index (χ4n) is 4.13. The Balaban J connectivity index is 1.37. The molecule has 1 atom stereocenters. The van der Waals surface area contributed by atoms with Crippen LogP contribution in [0.1, 0.15) is 23.2 Å². The number of benzene rings is 3. The largest absolute Gasteiger partial charge is 0.455 e. The van der Waals surface area contributed by atoms with E-state index in [0.717, 1.165) is 25.9 Å². The first-order valence-corrected chi connectivity index (χ1v) is 14.2. The molecule has 3 aromatic rings. The van der Waals surface area contributed by atoms with E-state index < -0.39 is 34.5 Å². The van der Waals surface area contributed by atoms with Gasteiger partial charge in [-0.1, -0.05) is 30.3 Å². The number of hydrogen-bond donors (Lipinski definition) is 5. The highest BCUT2D eigenvalue weighted by atomic mass is 32.2. The maximum atomic E-state index is 13.0. The second-order valence-electron chi connectivity index (χ2n) is 9.19. The predicted octanol–water partition coefficient (Wildman–Crippen LogP) is 2.49. The Morgan fingerprint density at radius 1 is 0.949 bits per heavy atom. The van der Waals surface area contributed by atoms with E-state index in [1.165, 1.54) is 24.3 Å². The third-order valence-electron chi connectivity index (χ3n) is 6.36. The first kappa shape index (κ1) is 28.1. The van der Waals surface area contributed by atoms with Crippen LogP contribution >= 0.6 is 0 Å². The molecule has 1 saturated heterocycles. The fourth-order valence-corrected chi connectivity index (χ4v) is 5.20. The van der Waals surface area contributed by atoms with Gasteiger partial charge in [0.05, 0.1) is 17.2 Å². The predicted molar refractivity (Wildman–Crippen MR) is 147 cm³/mol. The summed E-state index contributed by atoms with van der Waals surface area (Å²) < 4.78 is 34.4. The fraction of sp³-hybridized carbons (Fsp3) is 0.286. The Kier molecular flexibility index (Phi) is 9.53. The molecule has 0 saturated carbocycles. The van der Waals surface area contributed by atoms with Crippen LogP contribution in [-0.2, 0) is 14.8 Å². The minimum atomic E-state index is -4.00. The van der Waals surface area contributed by atoms with E-state index in [4.69, 9.17) is 4.74 Å². The molecule has 0 spiro atoms. The zero-order valence-corrected chi connectivity index (χ0v) is 22.1. The normalized spacial score (nSPS) is 14.7. The summed E-state index contributed by atoms with van der Waals surface area (Å²) in [6, 6.07) is 19.8. The third-order valence-corrected chi connectivity index (χ3v) is 7.74. The van der Waals surface area contributed by atoms with Crippen molar-refractivity contribution in [1.29, 1.82) is 0 Å². The summed E-state index contributed by atoms with van der Waals surface area (Å²) in [5.41, 5.74) is 0.399. The molecule has 206 valence electrons. The van der Waals surface area contributed by atoms with Crippen LogP contribution < -0.4 is 25.4 Å². The molecule has 39 heavy (non-hydrogen) atoms. The van der Waals surface area contributed by atoms with Crippen molar-refractivity contribution in [1.82, 2.24) is 16.0 Å². The van der Waals surface area contributed by atoms with Gasteiger partial charge < -0.3 is 25.8 Å². The van der Waals surface area contributed by atoms with Gasteiger partial charge in [-0.15, -0.1) is 0 Å². The second kappa shape index (κ2) is 13.2. The Morgan fingerprint density at radius 3 is 2.31 bits per heavy atom. The van der Waals surface area contributed by atoms with Gasteiger partial charge in [-0.2, -0.15) is 0 Å². The van der Waals surface area contributed by atoms with Gasteiger partial charge in [-0.25, -0.2) is 8.42 Å². The maximum Gasteiger partial charge on any atom is 0.262 e. The van der Waals surface area contributed by atoms with Gasteiger partial charge in [0.25, 0.3) is 15.9 Å². The summed E-state index contributed by atoms with van der Waals surface area (Å²) in [7, 11) is -4.00. The van der Waals surface area contributed by atoms with E-state index in [2.05, 4.69) is 20.7 Å². The zero-order valence-electron chi connectivity index (χ0n) is 21.3. The maximum absolute atomic E-state index is 13.0. The SMILES string of the molecule is O=C(N[C@@H](CO)C(=O)NCC1CCNCC1)c1ccc(S(=O)(=O)Nc2ccccc2Oc2ccccc2)cc1. The molecule has 0 aliphatic carbocycles. The van der Waals surface area contributed by atoms with Crippen molar-refractivity contribution < 1.29 is 27.9 Å². The van der Waals surface area contributed by atoms with E-state index in [1.807, 2.05) is 18.2 Å². The van der Waals surface area contributed by atoms with Gasteiger partial charge in [0.1, 0.15) is 11.8 Å². The second-order valence-corrected chi connectivity index (χ2v) is 10.9. The molecule has 1 aliphatic rings. The molecular formula is C28H32N4O6S. The van der Waals surface area contributed by atoms with Crippen LogP contribution in [-0.4, -0.2) is 57.6 Å². The number of nitrogens with one attached hydrogen (secondary N) is 4. The molecule has 0 aromatic heterocycles. The molecule has 0 unspecified atom stereocenters. The van der Waals surface area contributed by atoms with E-state index in [1.54, 1.807) is 36.4 Å². The van der Waals surface area contributed by atoms with Crippen molar-refractivity contribution in [3.63, 3.8) is 0 Å². The summed E-state index contributed by atoms with van der Waals surface area (Å²) in [5.74, 6) is 0.163.